The summed E-state index contributed by atoms with van der Waals surface area (Å²) in [6, 6.07) is 7.53. The molecule has 2 rings (SSSR count). The van der Waals surface area contributed by atoms with Crippen LogP contribution in [-0.4, -0.2) is 9.97 Å². The predicted octanol–water partition coefficient (Wildman–Crippen LogP) is 3.82. The lowest BCUT2D eigenvalue weighted by atomic mass is 9.90. The number of fused-ring (bicyclic) bond motifs is 1. The Morgan fingerprint density at radius 3 is 2.50 bits per heavy atom. The number of benzene rings is 1. The topological polar surface area (TPSA) is 38.9 Å². The van der Waals surface area contributed by atoms with E-state index in [1.165, 1.54) is 0 Å². The SMILES string of the molecule is CC(C)(C)c1cc(C(N)=S)c2cc(Cl)ccc2n1. The lowest BCUT2D eigenvalue weighted by molar-refractivity contribution is 0.571. The van der Waals surface area contributed by atoms with Gasteiger partial charge in [-0.05, 0) is 24.3 Å². The Labute approximate surface area is 117 Å². The molecule has 0 unspecified atom stereocenters. The first-order valence-corrected chi connectivity index (χ1v) is 6.48. The van der Waals surface area contributed by atoms with Gasteiger partial charge in [-0.2, -0.15) is 0 Å². The monoisotopic (exact) mass is 278 g/mol. The van der Waals surface area contributed by atoms with Gasteiger partial charge >= 0.3 is 0 Å². The number of nitrogens with two attached hydrogens (primary N) is 1. The van der Waals surface area contributed by atoms with Crippen molar-refractivity contribution in [1.82, 2.24) is 4.98 Å². The van der Waals surface area contributed by atoms with Crippen LogP contribution in [-0.2, 0) is 5.41 Å². The Morgan fingerprint density at radius 2 is 1.94 bits per heavy atom. The normalized spacial score (nSPS) is 11.8. The third-order valence-corrected chi connectivity index (χ3v) is 3.26. The summed E-state index contributed by atoms with van der Waals surface area (Å²) in [5.74, 6) is 0. The van der Waals surface area contributed by atoms with E-state index in [0.717, 1.165) is 22.2 Å². The van der Waals surface area contributed by atoms with Gasteiger partial charge in [-0.3, -0.25) is 4.98 Å². The molecule has 1 heterocycles. The van der Waals surface area contributed by atoms with Gasteiger partial charge in [0.1, 0.15) is 4.99 Å². The highest BCUT2D eigenvalue weighted by molar-refractivity contribution is 7.80. The molecule has 0 saturated carbocycles. The summed E-state index contributed by atoms with van der Waals surface area (Å²) in [6.45, 7) is 6.33. The number of pyridine rings is 1. The fraction of sp³-hybridized carbons (Fsp3) is 0.286. The molecule has 18 heavy (non-hydrogen) atoms. The molecule has 4 heteroatoms. The van der Waals surface area contributed by atoms with Crippen molar-refractivity contribution >= 4 is 39.7 Å². The van der Waals surface area contributed by atoms with Crippen molar-refractivity contribution in [2.75, 3.05) is 0 Å². The van der Waals surface area contributed by atoms with Gasteiger partial charge in [-0.1, -0.05) is 44.6 Å². The molecule has 0 radical (unpaired) electrons. The summed E-state index contributed by atoms with van der Waals surface area (Å²) in [5, 5.41) is 1.56. The van der Waals surface area contributed by atoms with Crippen LogP contribution in [0.2, 0.25) is 5.02 Å². The highest BCUT2D eigenvalue weighted by atomic mass is 35.5. The summed E-state index contributed by atoms with van der Waals surface area (Å²) in [5.41, 5.74) is 8.43. The van der Waals surface area contributed by atoms with Gasteiger partial charge in [0.2, 0.25) is 0 Å². The van der Waals surface area contributed by atoms with Crippen molar-refractivity contribution in [3.8, 4) is 0 Å². The summed E-state index contributed by atoms with van der Waals surface area (Å²) in [7, 11) is 0. The quantitative estimate of drug-likeness (QED) is 0.806. The van der Waals surface area contributed by atoms with Crippen LogP contribution in [0.5, 0.6) is 0 Å². The number of nitrogens with zero attached hydrogens (tertiary/aromatic N) is 1. The van der Waals surface area contributed by atoms with Gasteiger partial charge in [0.25, 0.3) is 0 Å². The average Bonchev–Trinajstić information content (AvgIpc) is 2.25. The Kier molecular flexibility index (Phi) is 3.30. The highest BCUT2D eigenvalue weighted by Crippen LogP contribution is 2.27. The van der Waals surface area contributed by atoms with Gasteiger partial charge < -0.3 is 5.73 Å². The molecule has 1 aromatic heterocycles. The second-order valence-electron chi connectivity index (χ2n) is 5.33. The Hall–Kier alpha value is -1.19. The molecule has 0 amide bonds. The van der Waals surface area contributed by atoms with Crippen molar-refractivity contribution < 1.29 is 0 Å². The van der Waals surface area contributed by atoms with Crippen LogP contribution in [0.4, 0.5) is 0 Å². The summed E-state index contributed by atoms with van der Waals surface area (Å²) >= 11 is 11.1. The summed E-state index contributed by atoms with van der Waals surface area (Å²) in [6.07, 6.45) is 0. The molecule has 0 aliphatic carbocycles. The maximum atomic E-state index is 6.01. The maximum Gasteiger partial charge on any atom is 0.104 e. The number of rotatable bonds is 1. The van der Waals surface area contributed by atoms with E-state index in [9.17, 15) is 0 Å². The molecule has 2 aromatic rings. The second-order valence-corrected chi connectivity index (χ2v) is 6.21. The van der Waals surface area contributed by atoms with Gasteiger partial charge in [0.05, 0.1) is 5.52 Å². The third-order valence-electron chi connectivity index (χ3n) is 2.80. The second kappa shape index (κ2) is 4.48. The molecule has 94 valence electrons. The minimum Gasteiger partial charge on any atom is -0.389 e. The smallest absolute Gasteiger partial charge is 0.104 e. The van der Waals surface area contributed by atoms with Crippen molar-refractivity contribution in [3.05, 3.63) is 40.5 Å². The van der Waals surface area contributed by atoms with Gasteiger partial charge in [-0.15, -0.1) is 0 Å². The van der Waals surface area contributed by atoms with E-state index < -0.39 is 0 Å². The van der Waals surface area contributed by atoms with Crippen molar-refractivity contribution in [1.29, 1.82) is 0 Å². The maximum absolute atomic E-state index is 6.01. The van der Waals surface area contributed by atoms with Gasteiger partial charge in [0.15, 0.2) is 0 Å². The average molecular weight is 279 g/mol. The fourth-order valence-corrected chi connectivity index (χ4v) is 2.13. The van der Waals surface area contributed by atoms with Crippen molar-refractivity contribution in [3.63, 3.8) is 0 Å². The van der Waals surface area contributed by atoms with Crippen LogP contribution in [0.15, 0.2) is 24.3 Å². The minimum atomic E-state index is -0.0483. The summed E-state index contributed by atoms with van der Waals surface area (Å²) in [4.78, 5) is 5.03. The van der Waals surface area contributed by atoms with Crippen LogP contribution in [0, 0.1) is 0 Å². The number of aromatic nitrogens is 1. The number of hydrogen-bond donors (Lipinski definition) is 1. The van der Waals surface area contributed by atoms with E-state index in [0.29, 0.717) is 10.0 Å². The molecule has 0 atom stereocenters. The molecule has 0 spiro atoms. The standard InChI is InChI=1S/C14H15ClN2S/c1-14(2,3)12-7-10(13(16)18)9-6-8(15)4-5-11(9)17-12/h4-7H,1-3H3,(H2,16,18). The minimum absolute atomic E-state index is 0.0483. The fourth-order valence-electron chi connectivity index (χ4n) is 1.79. The first kappa shape index (κ1) is 13.2. The van der Waals surface area contributed by atoms with Gasteiger partial charge in [0, 0.05) is 27.1 Å². The zero-order valence-corrected chi connectivity index (χ0v) is 12.2. The third kappa shape index (κ3) is 2.47. The molecule has 2 nitrogen and oxygen atoms in total. The molecule has 0 aliphatic rings. The van der Waals surface area contributed by atoms with Crippen molar-refractivity contribution in [2.24, 2.45) is 5.73 Å². The van der Waals surface area contributed by atoms with Crippen LogP contribution in [0.25, 0.3) is 10.9 Å². The zero-order valence-electron chi connectivity index (χ0n) is 10.6. The lowest BCUT2D eigenvalue weighted by Crippen LogP contribution is -2.17. The number of hydrogen-bond acceptors (Lipinski definition) is 2. The van der Waals surface area contributed by atoms with E-state index in [1.807, 2.05) is 24.3 Å². The first-order valence-electron chi connectivity index (χ1n) is 5.69. The van der Waals surface area contributed by atoms with Crippen LogP contribution in [0.3, 0.4) is 0 Å². The first-order chi connectivity index (χ1) is 8.29. The molecule has 0 fully saturated rings. The molecule has 0 aliphatic heterocycles. The lowest BCUT2D eigenvalue weighted by Gasteiger charge is -2.19. The molecule has 0 bridgehead atoms. The Bertz CT molecular complexity index is 629. The van der Waals surface area contributed by atoms with Crippen LogP contribution < -0.4 is 5.73 Å². The number of thiocarbonyl (C=S) groups is 1. The molecule has 1 aromatic carbocycles. The highest BCUT2D eigenvalue weighted by Gasteiger charge is 2.18. The van der Waals surface area contributed by atoms with E-state index >= 15 is 0 Å². The molecular formula is C14H15ClN2S. The zero-order chi connectivity index (χ0) is 13.5. The summed E-state index contributed by atoms with van der Waals surface area (Å²) < 4.78 is 0. The van der Waals surface area contributed by atoms with E-state index in [4.69, 9.17) is 29.6 Å². The van der Waals surface area contributed by atoms with Crippen LogP contribution in [0.1, 0.15) is 32.0 Å². The molecule has 2 N–H and O–H groups in total. The van der Waals surface area contributed by atoms with E-state index in [2.05, 4.69) is 25.8 Å². The number of halogens is 1. The molecular weight excluding hydrogens is 264 g/mol. The van der Waals surface area contributed by atoms with E-state index in [-0.39, 0.29) is 5.41 Å². The van der Waals surface area contributed by atoms with Crippen molar-refractivity contribution in [2.45, 2.75) is 26.2 Å². The predicted molar refractivity (Wildman–Crippen MR) is 81.3 cm³/mol. The van der Waals surface area contributed by atoms with E-state index in [1.54, 1.807) is 0 Å². The van der Waals surface area contributed by atoms with Gasteiger partial charge in [-0.25, -0.2) is 0 Å². The largest absolute Gasteiger partial charge is 0.389 e. The molecule has 0 saturated heterocycles. The van der Waals surface area contributed by atoms with Crippen LogP contribution >= 0.6 is 23.8 Å². The Balaban J connectivity index is 2.83. The Morgan fingerprint density at radius 1 is 1.28 bits per heavy atom.